The lowest BCUT2D eigenvalue weighted by Gasteiger charge is -2.05. The number of hydrogen-bond acceptors (Lipinski definition) is 3. The van der Waals surface area contributed by atoms with Gasteiger partial charge in [0.1, 0.15) is 0 Å². The maximum absolute atomic E-state index is 8.78. The normalized spacial score (nSPS) is 11.3. The van der Waals surface area contributed by atoms with Crippen molar-refractivity contribution in [1.82, 2.24) is 5.32 Å². The summed E-state index contributed by atoms with van der Waals surface area (Å²) < 4.78 is 0. The molecule has 0 heterocycles. The van der Waals surface area contributed by atoms with Crippen LogP contribution < -0.4 is 5.32 Å². The number of unbranched alkanes of at least 4 members (excludes halogenated alkanes) is 9. The van der Waals surface area contributed by atoms with Crippen LogP contribution in [0, 0.1) is 0 Å². The standard InChI is InChI=1S/C14H33NO2Si/c1-2-3-4-5-6-7-8-9-10-11-12-15-13-14-18(16)17/h15-18H,2-14H2,1H3. The summed E-state index contributed by atoms with van der Waals surface area (Å²) in [7, 11) is -2.32. The quantitative estimate of drug-likeness (QED) is 0.337. The van der Waals surface area contributed by atoms with Crippen LogP contribution in [-0.4, -0.2) is 32.0 Å². The third kappa shape index (κ3) is 16.1. The summed E-state index contributed by atoms with van der Waals surface area (Å²) in [6.07, 6.45) is 13.7. The Labute approximate surface area is 115 Å². The molecule has 0 rings (SSSR count). The van der Waals surface area contributed by atoms with E-state index in [1.165, 1.54) is 64.2 Å². The van der Waals surface area contributed by atoms with Crippen molar-refractivity contribution < 1.29 is 9.59 Å². The predicted molar refractivity (Wildman–Crippen MR) is 81.1 cm³/mol. The van der Waals surface area contributed by atoms with E-state index in [1.807, 2.05) is 0 Å². The zero-order chi connectivity index (χ0) is 13.5. The monoisotopic (exact) mass is 275 g/mol. The summed E-state index contributed by atoms with van der Waals surface area (Å²) in [5.74, 6) is 0. The minimum absolute atomic E-state index is 0.567. The largest absolute Gasteiger partial charge is 0.413 e. The molecule has 4 heteroatoms. The zero-order valence-electron chi connectivity index (χ0n) is 12.2. The molecule has 0 aliphatic heterocycles. The van der Waals surface area contributed by atoms with Crippen LogP contribution in [0.3, 0.4) is 0 Å². The van der Waals surface area contributed by atoms with Crippen molar-refractivity contribution in [2.24, 2.45) is 0 Å². The van der Waals surface area contributed by atoms with E-state index in [-0.39, 0.29) is 0 Å². The van der Waals surface area contributed by atoms with Gasteiger partial charge in [-0.2, -0.15) is 0 Å². The molecule has 0 unspecified atom stereocenters. The lowest BCUT2D eigenvalue weighted by Crippen LogP contribution is -2.22. The fraction of sp³-hybridized carbons (Fsp3) is 1.00. The molecule has 0 radical (unpaired) electrons. The van der Waals surface area contributed by atoms with Crippen molar-refractivity contribution in [3.05, 3.63) is 0 Å². The lowest BCUT2D eigenvalue weighted by atomic mass is 10.1. The summed E-state index contributed by atoms with van der Waals surface area (Å²) in [6.45, 7) is 4.05. The van der Waals surface area contributed by atoms with Gasteiger partial charge in [-0.1, -0.05) is 64.7 Å². The Morgan fingerprint density at radius 2 is 1.22 bits per heavy atom. The van der Waals surface area contributed by atoms with Crippen LogP contribution in [0.2, 0.25) is 6.04 Å². The first kappa shape index (κ1) is 18.1. The van der Waals surface area contributed by atoms with Crippen LogP contribution in [-0.2, 0) is 0 Å². The molecular formula is C14H33NO2Si. The molecule has 0 aromatic rings. The number of rotatable bonds is 14. The fourth-order valence-corrected chi connectivity index (χ4v) is 2.56. The molecule has 0 atom stereocenters. The van der Waals surface area contributed by atoms with Crippen LogP contribution in [0.4, 0.5) is 0 Å². The smallest absolute Gasteiger partial charge is 0.317 e. The molecule has 0 aromatic heterocycles. The van der Waals surface area contributed by atoms with Crippen molar-refractivity contribution in [3.63, 3.8) is 0 Å². The molecule has 0 spiro atoms. The Morgan fingerprint density at radius 1 is 0.722 bits per heavy atom. The molecule has 0 aromatic carbocycles. The van der Waals surface area contributed by atoms with Crippen LogP contribution >= 0.6 is 0 Å². The van der Waals surface area contributed by atoms with Gasteiger partial charge in [-0.05, 0) is 19.5 Å². The molecule has 0 aliphatic carbocycles. The third-order valence-corrected chi connectivity index (χ3v) is 4.09. The Balaban J connectivity index is 2.90. The van der Waals surface area contributed by atoms with Gasteiger partial charge in [-0.15, -0.1) is 0 Å². The van der Waals surface area contributed by atoms with Crippen LogP contribution in [0.25, 0.3) is 0 Å². The SMILES string of the molecule is CCCCCCCCCCCCNCC[SiH](O)O. The van der Waals surface area contributed by atoms with E-state index in [0.717, 1.165) is 13.1 Å². The van der Waals surface area contributed by atoms with Gasteiger partial charge in [-0.3, -0.25) is 0 Å². The average Bonchev–Trinajstić information content (AvgIpc) is 2.34. The second-order valence-electron chi connectivity index (χ2n) is 5.20. The van der Waals surface area contributed by atoms with E-state index in [1.54, 1.807) is 0 Å². The van der Waals surface area contributed by atoms with Crippen molar-refractivity contribution in [2.75, 3.05) is 13.1 Å². The molecule has 18 heavy (non-hydrogen) atoms. The van der Waals surface area contributed by atoms with Crippen molar-refractivity contribution in [1.29, 1.82) is 0 Å². The summed E-state index contributed by atoms with van der Waals surface area (Å²) in [5, 5.41) is 3.26. The van der Waals surface area contributed by atoms with Crippen LogP contribution in [0.5, 0.6) is 0 Å². The molecule has 3 nitrogen and oxygen atoms in total. The highest BCUT2D eigenvalue weighted by molar-refractivity contribution is 6.41. The van der Waals surface area contributed by atoms with E-state index in [9.17, 15) is 0 Å². The van der Waals surface area contributed by atoms with Gasteiger partial charge < -0.3 is 14.9 Å². The van der Waals surface area contributed by atoms with E-state index in [0.29, 0.717) is 6.04 Å². The molecule has 0 saturated carbocycles. The molecular weight excluding hydrogens is 242 g/mol. The maximum Gasteiger partial charge on any atom is 0.317 e. The van der Waals surface area contributed by atoms with E-state index >= 15 is 0 Å². The Hall–Kier alpha value is 0.0969. The second-order valence-corrected chi connectivity index (χ2v) is 6.74. The summed E-state index contributed by atoms with van der Waals surface area (Å²) in [5.41, 5.74) is 0. The molecule has 110 valence electrons. The van der Waals surface area contributed by atoms with Gasteiger partial charge in [0.25, 0.3) is 0 Å². The Morgan fingerprint density at radius 3 is 1.72 bits per heavy atom. The van der Waals surface area contributed by atoms with Gasteiger partial charge in [0.15, 0.2) is 0 Å². The summed E-state index contributed by atoms with van der Waals surface area (Å²) >= 11 is 0. The highest BCUT2D eigenvalue weighted by Gasteiger charge is 1.99. The van der Waals surface area contributed by atoms with Gasteiger partial charge in [0, 0.05) is 6.04 Å². The van der Waals surface area contributed by atoms with Gasteiger partial charge >= 0.3 is 9.28 Å². The van der Waals surface area contributed by atoms with Crippen molar-refractivity contribution >= 4 is 9.28 Å². The first-order valence-corrected chi connectivity index (χ1v) is 9.69. The second kappa shape index (κ2) is 15.2. The topological polar surface area (TPSA) is 52.5 Å². The molecule has 0 bridgehead atoms. The van der Waals surface area contributed by atoms with E-state index in [4.69, 9.17) is 9.59 Å². The molecule has 3 N–H and O–H groups in total. The molecule has 0 aliphatic rings. The van der Waals surface area contributed by atoms with Crippen LogP contribution in [0.1, 0.15) is 71.1 Å². The minimum Gasteiger partial charge on any atom is -0.413 e. The predicted octanol–water partition coefficient (Wildman–Crippen LogP) is 2.70. The number of nitrogens with one attached hydrogen (secondary N) is 1. The Kier molecular flexibility index (Phi) is 15.2. The first-order chi connectivity index (χ1) is 8.77. The maximum atomic E-state index is 8.78. The Bertz CT molecular complexity index is 157. The van der Waals surface area contributed by atoms with Crippen molar-refractivity contribution in [2.45, 2.75) is 77.2 Å². The molecule has 0 saturated heterocycles. The number of hydrogen-bond donors (Lipinski definition) is 3. The van der Waals surface area contributed by atoms with E-state index in [2.05, 4.69) is 12.2 Å². The van der Waals surface area contributed by atoms with Crippen LogP contribution in [0.15, 0.2) is 0 Å². The highest BCUT2D eigenvalue weighted by Crippen LogP contribution is 2.10. The van der Waals surface area contributed by atoms with Gasteiger partial charge in [-0.25, -0.2) is 0 Å². The fourth-order valence-electron chi connectivity index (χ4n) is 2.09. The van der Waals surface area contributed by atoms with Gasteiger partial charge in [0.05, 0.1) is 0 Å². The molecule has 0 amide bonds. The summed E-state index contributed by atoms with van der Waals surface area (Å²) in [4.78, 5) is 17.6. The zero-order valence-corrected chi connectivity index (χ0v) is 13.3. The third-order valence-electron chi connectivity index (χ3n) is 3.29. The molecule has 0 fully saturated rings. The van der Waals surface area contributed by atoms with E-state index < -0.39 is 9.28 Å². The first-order valence-electron chi connectivity index (χ1n) is 7.84. The highest BCUT2D eigenvalue weighted by atomic mass is 28.3. The van der Waals surface area contributed by atoms with Gasteiger partial charge in [0.2, 0.25) is 0 Å². The summed E-state index contributed by atoms with van der Waals surface area (Å²) in [6, 6.07) is 0.567. The van der Waals surface area contributed by atoms with Crippen molar-refractivity contribution in [3.8, 4) is 0 Å². The lowest BCUT2D eigenvalue weighted by molar-refractivity contribution is 0.403. The minimum atomic E-state index is -2.32. The average molecular weight is 276 g/mol.